The predicted molar refractivity (Wildman–Crippen MR) is 81.6 cm³/mol. The first-order valence-electron chi connectivity index (χ1n) is 7.05. The maximum Gasteiger partial charge on any atom is 0.308 e. The van der Waals surface area contributed by atoms with Crippen molar-refractivity contribution in [1.82, 2.24) is 5.32 Å². The van der Waals surface area contributed by atoms with E-state index in [0.717, 1.165) is 0 Å². The number of nitro groups is 1. The molecule has 1 unspecified atom stereocenters. The van der Waals surface area contributed by atoms with Crippen molar-refractivity contribution in [3.63, 3.8) is 0 Å². The minimum Gasteiger partial charge on any atom is -0.368 e. The molecule has 1 N–H and O–H groups in total. The van der Waals surface area contributed by atoms with Gasteiger partial charge in [0.2, 0.25) is 11.7 Å². The van der Waals surface area contributed by atoms with E-state index < -0.39 is 22.2 Å². The summed E-state index contributed by atoms with van der Waals surface area (Å²) in [6.45, 7) is 2.73. The van der Waals surface area contributed by atoms with E-state index in [4.69, 9.17) is 11.6 Å². The van der Waals surface area contributed by atoms with Gasteiger partial charge in [0.25, 0.3) is 0 Å². The van der Waals surface area contributed by atoms with Gasteiger partial charge in [-0.15, -0.1) is 11.6 Å². The predicted octanol–water partition coefficient (Wildman–Crippen LogP) is 2.57. The van der Waals surface area contributed by atoms with Crippen LogP contribution in [0.5, 0.6) is 0 Å². The van der Waals surface area contributed by atoms with Gasteiger partial charge < -0.3 is 10.2 Å². The zero-order valence-electron chi connectivity index (χ0n) is 12.4. The Morgan fingerprint density at radius 2 is 2.26 bits per heavy atom. The molecule has 1 atom stereocenters. The SMILES string of the molecule is CC(=O)NCC1CCN(c2c(F)cc([N+](=O)[O-])c(F)c2CCl)C1. The second-order valence-corrected chi connectivity index (χ2v) is 5.71. The largest absolute Gasteiger partial charge is 0.368 e. The smallest absolute Gasteiger partial charge is 0.308 e. The quantitative estimate of drug-likeness (QED) is 0.504. The Labute approximate surface area is 136 Å². The fourth-order valence-corrected chi connectivity index (χ4v) is 2.99. The van der Waals surface area contributed by atoms with Gasteiger partial charge in [-0.25, -0.2) is 4.39 Å². The first-order valence-corrected chi connectivity index (χ1v) is 7.59. The zero-order chi connectivity index (χ0) is 17.1. The highest BCUT2D eigenvalue weighted by atomic mass is 35.5. The van der Waals surface area contributed by atoms with E-state index in [2.05, 4.69) is 5.32 Å². The monoisotopic (exact) mass is 347 g/mol. The number of hydrogen-bond acceptors (Lipinski definition) is 4. The molecule has 1 saturated heterocycles. The molecule has 0 spiro atoms. The molecule has 0 saturated carbocycles. The maximum absolute atomic E-state index is 14.3. The number of benzene rings is 1. The highest BCUT2D eigenvalue weighted by molar-refractivity contribution is 6.17. The van der Waals surface area contributed by atoms with Gasteiger partial charge in [0.05, 0.1) is 22.6 Å². The van der Waals surface area contributed by atoms with Crippen LogP contribution in [0.15, 0.2) is 6.07 Å². The van der Waals surface area contributed by atoms with Gasteiger partial charge in [-0.05, 0) is 12.3 Å². The minimum atomic E-state index is -1.10. The van der Waals surface area contributed by atoms with Gasteiger partial charge >= 0.3 is 5.69 Å². The molecule has 2 rings (SSSR count). The number of nitrogens with zero attached hydrogens (tertiary/aromatic N) is 2. The number of alkyl halides is 1. The number of rotatable bonds is 5. The summed E-state index contributed by atoms with van der Waals surface area (Å²) >= 11 is 5.69. The van der Waals surface area contributed by atoms with Crippen molar-refractivity contribution >= 4 is 28.9 Å². The number of carbonyl (C=O) groups is 1. The zero-order valence-corrected chi connectivity index (χ0v) is 13.2. The summed E-state index contributed by atoms with van der Waals surface area (Å²) in [4.78, 5) is 22.4. The summed E-state index contributed by atoms with van der Waals surface area (Å²) in [5.74, 6) is -2.40. The molecule has 1 aromatic rings. The van der Waals surface area contributed by atoms with Gasteiger partial charge in [-0.2, -0.15) is 4.39 Å². The number of carbonyl (C=O) groups excluding carboxylic acids is 1. The highest BCUT2D eigenvalue weighted by Gasteiger charge is 2.31. The number of amides is 1. The summed E-state index contributed by atoms with van der Waals surface area (Å²) in [7, 11) is 0. The number of nitrogens with one attached hydrogen (secondary N) is 1. The van der Waals surface area contributed by atoms with Crippen molar-refractivity contribution in [2.45, 2.75) is 19.2 Å². The summed E-state index contributed by atoms with van der Waals surface area (Å²) in [6, 6.07) is 0.585. The molecule has 1 fully saturated rings. The molecular formula is C14H16ClF2N3O3. The molecule has 0 aromatic heterocycles. The van der Waals surface area contributed by atoms with Gasteiger partial charge in [-0.3, -0.25) is 14.9 Å². The first-order chi connectivity index (χ1) is 10.8. The third-order valence-electron chi connectivity index (χ3n) is 3.84. The minimum absolute atomic E-state index is 0.0339. The first kappa shape index (κ1) is 17.4. The number of nitro benzene ring substituents is 1. The molecule has 1 aliphatic heterocycles. The van der Waals surface area contributed by atoms with E-state index in [1.807, 2.05) is 0 Å². The lowest BCUT2D eigenvalue weighted by atomic mass is 10.1. The van der Waals surface area contributed by atoms with E-state index in [0.29, 0.717) is 32.1 Å². The van der Waals surface area contributed by atoms with Crippen LogP contribution in [0, 0.1) is 27.7 Å². The number of hydrogen-bond donors (Lipinski definition) is 1. The lowest BCUT2D eigenvalue weighted by Gasteiger charge is -2.22. The molecule has 0 radical (unpaired) electrons. The molecule has 1 heterocycles. The Kier molecular flexibility index (Phi) is 5.35. The van der Waals surface area contributed by atoms with Crippen LogP contribution < -0.4 is 10.2 Å². The normalized spacial score (nSPS) is 17.4. The van der Waals surface area contributed by atoms with Crippen molar-refractivity contribution in [3.8, 4) is 0 Å². The topological polar surface area (TPSA) is 75.5 Å². The summed E-state index contributed by atoms with van der Waals surface area (Å²) in [5.41, 5.74) is -1.16. The van der Waals surface area contributed by atoms with E-state index >= 15 is 0 Å². The van der Waals surface area contributed by atoms with Crippen molar-refractivity contribution in [2.75, 3.05) is 24.5 Å². The van der Waals surface area contributed by atoms with Crippen LogP contribution >= 0.6 is 11.6 Å². The van der Waals surface area contributed by atoms with E-state index in [1.165, 1.54) is 6.92 Å². The van der Waals surface area contributed by atoms with Crippen molar-refractivity contribution < 1.29 is 18.5 Å². The maximum atomic E-state index is 14.3. The Bertz CT molecular complexity index is 642. The van der Waals surface area contributed by atoms with Crippen LogP contribution in [0.2, 0.25) is 0 Å². The highest BCUT2D eigenvalue weighted by Crippen LogP contribution is 2.36. The van der Waals surface area contributed by atoms with Crippen LogP contribution in [0.4, 0.5) is 20.2 Å². The molecule has 1 aromatic carbocycles. The summed E-state index contributed by atoms with van der Waals surface area (Å²) in [5, 5.41) is 13.5. The summed E-state index contributed by atoms with van der Waals surface area (Å²) < 4.78 is 28.5. The van der Waals surface area contributed by atoms with E-state index in [9.17, 15) is 23.7 Å². The average molecular weight is 348 g/mol. The van der Waals surface area contributed by atoms with Crippen LogP contribution in [0.1, 0.15) is 18.9 Å². The Morgan fingerprint density at radius 1 is 1.57 bits per heavy atom. The van der Waals surface area contributed by atoms with Crippen LogP contribution in [-0.4, -0.2) is 30.5 Å². The molecule has 1 amide bonds. The van der Waals surface area contributed by atoms with Gasteiger partial charge in [-0.1, -0.05) is 0 Å². The molecule has 23 heavy (non-hydrogen) atoms. The van der Waals surface area contributed by atoms with Crippen LogP contribution in [-0.2, 0) is 10.7 Å². The van der Waals surface area contributed by atoms with Crippen LogP contribution in [0.25, 0.3) is 0 Å². The van der Waals surface area contributed by atoms with Crippen molar-refractivity contribution in [2.24, 2.45) is 5.92 Å². The Hall–Kier alpha value is -1.96. The molecule has 9 heteroatoms. The lowest BCUT2D eigenvalue weighted by Crippen LogP contribution is -2.29. The van der Waals surface area contributed by atoms with Crippen molar-refractivity contribution in [3.05, 3.63) is 33.4 Å². The fraction of sp³-hybridized carbons (Fsp3) is 0.500. The number of anilines is 1. The Morgan fingerprint density at radius 3 is 2.83 bits per heavy atom. The molecule has 126 valence electrons. The molecule has 0 bridgehead atoms. The number of halogens is 3. The van der Waals surface area contributed by atoms with Crippen LogP contribution in [0.3, 0.4) is 0 Å². The standard InChI is InChI=1S/C14H16ClF2N3O3/c1-8(21)18-6-9-2-3-19(7-9)14-10(5-15)13(17)12(20(22)23)4-11(14)16/h4,9H,2-3,5-7H2,1H3,(H,18,21). The van der Waals surface area contributed by atoms with Gasteiger partial charge in [0.15, 0.2) is 5.82 Å². The fourth-order valence-electron chi connectivity index (χ4n) is 2.74. The molecule has 6 nitrogen and oxygen atoms in total. The average Bonchev–Trinajstić information content (AvgIpc) is 2.94. The van der Waals surface area contributed by atoms with E-state index in [-0.39, 0.29) is 29.0 Å². The molecular weight excluding hydrogens is 332 g/mol. The lowest BCUT2D eigenvalue weighted by molar-refractivity contribution is -0.387. The van der Waals surface area contributed by atoms with Gasteiger partial charge in [0, 0.05) is 32.1 Å². The molecule has 0 aliphatic carbocycles. The summed E-state index contributed by atoms with van der Waals surface area (Å²) in [6.07, 6.45) is 0.694. The second kappa shape index (κ2) is 7.08. The third-order valence-corrected chi connectivity index (χ3v) is 4.10. The molecule has 1 aliphatic rings. The third kappa shape index (κ3) is 3.69. The second-order valence-electron chi connectivity index (χ2n) is 5.45. The van der Waals surface area contributed by atoms with E-state index in [1.54, 1.807) is 4.90 Å². The van der Waals surface area contributed by atoms with Gasteiger partial charge in [0.1, 0.15) is 0 Å². The van der Waals surface area contributed by atoms with Crippen molar-refractivity contribution in [1.29, 1.82) is 0 Å². The Balaban J connectivity index is 2.28.